The molecule has 15 heavy (non-hydrogen) atoms. The SMILES string of the molecule is CC(CNC1CCC1)Cc1ccccc1. The van der Waals surface area contributed by atoms with Gasteiger partial charge >= 0.3 is 0 Å². The second-order valence-electron chi connectivity index (χ2n) is 4.83. The molecule has 1 unspecified atom stereocenters. The van der Waals surface area contributed by atoms with Gasteiger partial charge in [0.15, 0.2) is 0 Å². The molecule has 1 aliphatic rings. The van der Waals surface area contributed by atoms with Gasteiger partial charge in [-0.15, -0.1) is 0 Å². The molecule has 82 valence electrons. The van der Waals surface area contributed by atoms with Crippen LogP contribution in [0.25, 0.3) is 0 Å². The van der Waals surface area contributed by atoms with Gasteiger partial charge < -0.3 is 5.32 Å². The average molecular weight is 203 g/mol. The van der Waals surface area contributed by atoms with Gasteiger partial charge in [-0.1, -0.05) is 43.7 Å². The van der Waals surface area contributed by atoms with Gasteiger partial charge in [-0.2, -0.15) is 0 Å². The molecule has 0 amide bonds. The molecule has 1 aromatic carbocycles. The average Bonchev–Trinajstić information content (AvgIpc) is 2.17. The van der Waals surface area contributed by atoms with Crippen molar-refractivity contribution in [2.45, 2.75) is 38.6 Å². The number of hydrogen-bond donors (Lipinski definition) is 1. The molecule has 0 aliphatic heterocycles. The Morgan fingerprint density at radius 1 is 1.27 bits per heavy atom. The molecule has 0 aromatic heterocycles. The maximum Gasteiger partial charge on any atom is 0.00671 e. The summed E-state index contributed by atoms with van der Waals surface area (Å²) in [6.45, 7) is 3.50. The molecule has 1 nitrogen and oxygen atoms in total. The zero-order valence-electron chi connectivity index (χ0n) is 9.58. The largest absolute Gasteiger partial charge is 0.314 e. The van der Waals surface area contributed by atoms with Crippen molar-refractivity contribution in [3.8, 4) is 0 Å². The van der Waals surface area contributed by atoms with Crippen LogP contribution in [0.4, 0.5) is 0 Å². The summed E-state index contributed by atoms with van der Waals surface area (Å²) < 4.78 is 0. The molecule has 1 N–H and O–H groups in total. The summed E-state index contributed by atoms with van der Waals surface area (Å²) in [6, 6.07) is 11.6. The van der Waals surface area contributed by atoms with E-state index in [1.54, 1.807) is 0 Å². The minimum atomic E-state index is 0.744. The van der Waals surface area contributed by atoms with Crippen molar-refractivity contribution in [1.29, 1.82) is 0 Å². The molecule has 2 rings (SSSR count). The molecule has 0 heterocycles. The third kappa shape index (κ3) is 3.35. The van der Waals surface area contributed by atoms with Gasteiger partial charge in [0, 0.05) is 6.04 Å². The van der Waals surface area contributed by atoms with E-state index in [-0.39, 0.29) is 0 Å². The molecular formula is C14H21N. The van der Waals surface area contributed by atoms with Crippen LogP contribution in [0, 0.1) is 5.92 Å². The first-order valence-electron chi connectivity index (χ1n) is 6.12. The highest BCUT2D eigenvalue weighted by atomic mass is 14.9. The van der Waals surface area contributed by atoms with Gasteiger partial charge in [0.1, 0.15) is 0 Å². The van der Waals surface area contributed by atoms with Crippen LogP contribution in [-0.4, -0.2) is 12.6 Å². The van der Waals surface area contributed by atoms with E-state index in [2.05, 4.69) is 42.6 Å². The Kier molecular flexibility index (Phi) is 3.79. The minimum Gasteiger partial charge on any atom is -0.314 e. The summed E-state index contributed by atoms with van der Waals surface area (Å²) in [5.41, 5.74) is 1.46. The zero-order valence-corrected chi connectivity index (χ0v) is 9.58. The first-order chi connectivity index (χ1) is 7.34. The Hall–Kier alpha value is -0.820. The van der Waals surface area contributed by atoms with Crippen LogP contribution in [0.15, 0.2) is 30.3 Å². The summed E-state index contributed by atoms with van der Waals surface area (Å²) in [7, 11) is 0. The number of benzene rings is 1. The Morgan fingerprint density at radius 2 is 2.00 bits per heavy atom. The van der Waals surface area contributed by atoms with E-state index in [0.717, 1.165) is 12.0 Å². The maximum atomic E-state index is 3.64. The lowest BCUT2D eigenvalue weighted by atomic mass is 9.92. The van der Waals surface area contributed by atoms with E-state index in [0.29, 0.717) is 0 Å². The molecule has 1 atom stereocenters. The van der Waals surface area contributed by atoms with E-state index in [1.807, 2.05) is 0 Å². The van der Waals surface area contributed by atoms with Crippen molar-refractivity contribution < 1.29 is 0 Å². The van der Waals surface area contributed by atoms with Gasteiger partial charge in [-0.05, 0) is 37.3 Å². The van der Waals surface area contributed by atoms with Crippen molar-refractivity contribution in [1.82, 2.24) is 5.32 Å². The Bertz CT molecular complexity index is 277. The molecule has 1 fully saturated rings. The highest BCUT2D eigenvalue weighted by Gasteiger charge is 2.17. The van der Waals surface area contributed by atoms with Crippen molar-refractivity contribution >= 4 is 0 Å². The van der Waals surface area contributed by atoms with E-state index in [4.69, 9.17) is 0 Å². The number of nitrogens with one attached hydrogen (secondary N) is 1. The number of rotatable bonds is 5. The standard InChI is InChI=1S/C14H21N/c1-12(11-15-14-8-5-9-14)10-13-6-3-2-4-7-13/h2-4,6-7,12,14-15H,5,8-11H2,1H3. The van der Waals surface area contributed by atoms with E-state index in [1.165, 1.54) is 37.8 Å². The van der Waals surface area contributed by atoms with Crippen molar-refractivity contribution in [3.63, 3.8) is 0 Å². The van der Waals surface area contributed by atoms with Crippen LogP contribution in [-0.2, 0) is 6.42 Å². The maximum absolute atomic E-state index is 3.64. The third-order valence-electron chi connectivity index (χ3n) is 3.29. The summed E-state index contributed by atoms with van der Waals surface area (Å²) in [5.74, 6) is 0.744. The third-order valence-corrected chi connectivity index (χ3v) is 3.29. The fraction of sp³-hybridized carbons (Fsp3) is 0.571. The molecule has 1 saturated carbocycles. The highest BCUT2D eigenvalue weighted by molar-refractivity contribution is 5.15. The van der Waals surface area contributed by atoms with E-state index >= 15 is 0 Å². The van der Waals surface area contributed by atoms with Gasteiger partial charge in [0.2, 0.25) is 0 Å². The molecule has 0 radical (unpaired) electrons. The fourth-order valence-corrected chi connectivity index (χ4v) is 2.07. The first-order valence-corrected chi connectivity index (χ1v) is 6.12. The van der Waals surface area contributed by atoms with Gasteiger partial charge in [-0.3, -0.25) is 0 Å². The Morgan fingerprint density at radius 3 is 2.60 bits per heavy atom. The van der Waals surface area contributed by atoms with Crippen LogP contribution in [0.2, 0.25) is 0 Å². The second-order valence-corrected chi connectivity index (χ2v) is 4.83. The molecular weight excluding hydrogens is 182 g/mol. The predicted molar refractivity (Wildman–Crippen MR) is 65.0 cm³/mol. The molecule has 0 bridgehead atoms. The molecule has 1 aliphatic carbocycles. The Labute approximate surface area is 92.9 Å². The van der Waals surface area contributed by atoms with Crippen LogP contribution in [0.5, 0.6) is 0 Å². The topological polar surface area (TPSA) is 12.0 Å². The van der Waals surface area contributed by atoms with Crippen LogP contribution >= 0.6 is 0 Å². The van der Waals surface area contributed by atoms with Gasteiger partial charge in [-0.25, -0.2) is 0 Å². The smallest absolute Gasteiger partial charge is 0.00671 e. The Balaban J connectivity index is 1.69. The fourth-order valence-electron chi connectivity index (χ4n) is 2.07. The van der Waals surface area contributed by atoms with Crippen LogP contribution in [0.3, 0.4) is 0 Å². The first kappa shape index (κ1) is 10.7. The van der Waals surface area contributed by atoms with Crippen LogP contribution < -0.4 is 5.32 Å². The monoisotopic (exact) mass is 203 g/mol. The van der Waals surface area contributed by atoms with Crippen molar-refractivity contribution in [2.75, 3.05) is 6.54 Å². The van der Waals surface area contributed by atoms with Gasteiger partial charge in [0.25, 0.3) is 0 Å². The van der Waals surface area contributed by atoms with E-state index in [9.17, 15) is 0 Å². The van der Waals surface area contributed by atoms with Crippen molar-refractivity contribution in [2.24, 2.45) is 5.92 Å². The summed E-state index contributed by atoms with van der Waals surface area (Å²) >= 11 is 0. The normalized spacial score (nSPS) is 18.5. The summed E-state index contributed by atoms with van der Waals surface area (Å²) in [4.78, 5) is 0. The molecule has 1 heteroatoms. The van der Waals surface area contributed by atoms with Crippen LogP contribution in [0.1, 0.15) is 31.7 Å². The molecule has 0 saturated heterocycles. The van der Waals surface area contributed by atoms with Crippen molar-refractivity contribution in [3.05, 3.63) is 35.9 Å². The zero-order chi connectivity index (χ0) is 10.5. The molecule has 1 aromatic rings. The highest BCUT2D eigenvalue weighted by Crippen LogP contribution is 2.18. The lowest BCUT2D eigenvalue weighted by Crippen LogP contribution is -2.38. The van der Waals surface area contributed by atoms with E-state index < -0.39 is 0 Å². The second kappa shape index (κ2) is 5.32. The lowest BCUT2D eigenvalue weighted by Gasteiger charge is -2.28. The lowest BCUT2D eigenvalue weighted by molar-refractivity contribution is 0.320. The molecule has 0 spiro atoms. The minimum absolute atomic E-state index is 0.744. The van der Waals surface area contributed by atoms with Gasteiger partial charge in [0.05, 0.1) is 0 Å². The summed E-state index contributed by atoms with van der Waals surface area (Å²) in [6.07, 6.45) is 5.39. The quantitative estimate of drug-likeness (QED) is 0.775. The number of hydrogen-bond acceptors (Lipinski definition) is 1. The summed E-state index contributed by atoms with van der Waals surface area (Å²) in [5, 5.41) is 3.64. The predicted octanol–water partition coefficient (Wildman–Crippen LogP) is 3.01.